The van der Waals surface area contributed by atoms with Gasteiger partial charge in [0, 0.05) is 6.54 Å². The van der Waals surface area contributed by atoms with Crippen molar-refractivity contribution in [3.63, 3.8) is 0 Å². The number of fused-ring (bicyclic) bond motifs is 1. The van der Waals surface area contributed by atoms with Crippen molar-refractivity contribution in [2.75, 3.05) is 5.32 Å². The summed E-state index contributed by atoms with van der Waals surface area (Å²) in [5.41, 5.74) is 5.08. The Morgan fingerprint density at radius 2 is 2.05 bits per heavy atom. The third-order valence-corrected chi connectivity index (χ3v) is 3.06. The first-order chi connectivity index (χ1) is 9.24. The van der Waals surface area contributed by atoms with E-state index in [1.807, 2.05) is 6.92 Å². The van der Waals surface area contributed by atoms with E-state index in [4.69, 9.17) is 0 Å². The van der Waals surface area contributed by atoms with E-state index in [-0.39, 0.29) is 0 Å². The van der Waals surface area contributed by atoms with Crippen molar-refractivity contribution < 1.29 is 0 Å². The fraction of sp³-hybridized carbons (Fsp3) is 0.214. The van der Waals surface area contributed by atoms with Crippen LogP contribution in [0.15, 0.2) is 30.6 Å². The third-order valence-electron chi connectivity index (χ3n) is 3.06. The van der Waals surface area contributed by atoms with Crippen LogP contribution in [0.25, 0.3) is 11.0 Å². The predicted molar refractivity (Wildman–Crippen MR) is 74.9 cm³/mol. The van der Waals surface area contributed by atoms with E-state index in [9.17, 15) is 0 Å². The van der Waals surface area contributed by atoms with Crippen LogP contribution in [-0.4, -0.2) is 20.2 Å². The number of aromatic nitrogens is 4. The highest BCUT2D eigenvalue weighted by Crippen LogP contribution is 2.19. The first kappa shape index (κ1) is 11.6. The van der Waals surface area contributed by atoms with Gasteiger partial charge in [-0.2, -0.15) is 5.10 Å². The molecule has 0 aliphatic rings. The Hall–Kier alpha value is -2.43. The molecule has 5 heteroatoms. The Labute approximate surface area is 111 Å². The molecule has 2 aromatic heterocycles. The number of aromatic amines is 1. The Morgan fingerprint density at radius 1 is 1.16 bits per heavy atom. The van der Waals surface area contributed by atoms with Crippen molar-refractivity contribution in [2.24, 2.45) is 0 Å². The van der Waals surface area contributed by atoms with E-state index in [1.54, 1.807) is 6.33 Å². The van der Waals surface area contributed by atoms with E-state index < -0.39 is 0 Å². The van der Waals surface area contributed by atoms with Gasteiger partial charge in [0.15, 0.2) is 11.3 Å². The molecule has 1 aromatic carbocycles. The lowest BCUT2D eigenvalue weighted by atomic mass is 10.1. The lowest BCUT2D eigenvalue weighted by Crippen LogP contribution is -2.02. The lowest BCUT2D eigenvalue weighted by Gasteiger charge is -2.06. The van der Waals surface area contributed by atoms with Crippen LogP contribution in [0, 0.1) is 13.8 Å². The van der Waals surface area contributed by atoms with Crippen LogP contribution in [0.2, 0.25) is 0 Å². The number of rotatable bonds is 3. The van der Waals surface area contributed by atoms with Crippen LogP contribution >= 0.6 is 0 Å². The van der Waals surface area contributed by atoms with Gasteiger partial charge in [0.2, 0.25) is 0 Å². The summed E-state index contributed by atoms with van der Waals surface area (Å²) in [6, 6.07) is 8.39. The van der Waals surface area contributed by atoms with Gasteiger partial charge in [-0.25, -0.2) is 9.97 Å². The zero-order valence-electron chi connectivity index (χ0n) is 10.9. The number of nitrogens with zero attached hydrogens (tertiary/aromatic N) is 3. The number of nitrogens with one attached hydrogen (secondary N) is 2. The Kier molecular flexibility index (Phi) is 2.87. The van der Waals surface area contributed by atoms with E-state index in [0.717, 1.165) is 29.1 Å². The Bertz CT molecular complexity index is 717. The molecule has 0 aliphatic heterocycles. The second-order valence-corrected chi connectivity index (χ2v) is 4.61. The van der Waals surface area contributed by atoms with Crippen molar-refractivity contribution in [2.45, 2.75) is 20.4 Å². The maximum atomic E-state index is 4.25. The summed E-state index contributed by atoms with van der Waals surface area (Å²) in [5.74, 6) is 0.760. The Morgan fingerprint density at radius 3 is 2.89 bits per heavy atom. The SMILES string of the molecule is Cc1cccc(CNc2ncnc3c(C)[nH]nc23)c1. The highest BCUT2D eigenvalue weighted by atomic mass is 15.2. The second-order valence-electron chi connectivity index (χ2n) is 4.61. The highest BCUT2D eigenvalue weighted by molar-refractivity contribution is 5.86. The molecule has 0 saturated heterocycles. The molecule has 3 rings (SSSR count). The molecular weight excluding hydrogens is 238 g/mol. The van der Waals surface area contributed by atoms with Gasteiger partial charge in [0.25, 0.3) is 0 Å². The minimum atomic E-state index is 0.722. The zero-order chi connectivity index (χ0) is 13.2. The average Bonchev–Trinajstić information content (AvgIpc) is 2.79. The molecule has 5 nitrogen and oxygen atoms in total. The standard InChI is InChI=1S/C14H15N5/c1-9-4-3-5-11(6-9)7-15-14-13-12(16-8-17-14)10(2)18-19-13/h3-6,8H,7H2,1-2H3,(H,18,19)(H,15,16,17). The van der Waals surface area contributed by atoms with Gasteiger partial charge in [-0.1, -0.05) is 29.8 Å². The molecule has 96 valence electrons. The largest absolute Gasteiger partial charge is 0.364 e. The summed E-state index contributed by atoms with van der Waals surface area (Å²) >= 11 is 0. The molecule has 2 N–H and O–H groups in total. The molecule has 0 atom stereocenters. The van der Waals surface area contributed by atoms with Crippen LogP contribution in [-0.2, 0) is 6.54 Å². The van der Waals surface area contributed by atoms with Gasteiger partial charge in [-0.15, -0.1) is 0 Å². The summed E-state index contributed by atoms with van der Waals surface area (Å²) in [4.78, 5) is 8.48. The van der Waals surface area contributed by atoms with Gasteiger partial charge in [0.05, 0.1) is 5.69 Å². The molecule has 0 radical (unpaired) electrons. The number of aryl methyl sites for hydroxylation is 2. The van der Waals surface area contributed by atoms with E-state index in [2.05, 4.69) is 56.7 Å². The third kappa shape index (κ3) is 2.27. The summed E-state index contributed by atoms with van der Waals surface area (Å²) in [6.45, 7) is 4.76. The van der Waals surface area contributed by atoms with Crippen LogP contribution in [0.4, 0.5) is 5.82 Å². The molecular formula is C14H15N5. The molecule has 0 unspecified atom stereocenters. The van der Waals surface area contributed by atoms with E-state index in [0.29, 0.717) is 0 Å². The van der Waals surface area contributed by atoms with Gasteiger partial charge in [-0.05, 0) is 19.4 Å². The lowest BCUT2D eigenvalue weighted by molar-refractivity contribution is 1.06. The van der Waals surface area contributed by atoms with Crippen LogP contribution in [0.5, 0.6) is 0 Å². The van der Waals surface area contributed by atoms with Crippen LogP contribution in [0.3, 0.4) is 0 Å². The van der Waals surface area contributed by atoms with Crippen LogP contribution < -0.4 is 5.32 Å². The maximum Gasteiger partial charge on any atom is 0.158 e. The summed E-state index contributed by atoms with van der Waals surface area (Å²) in [7, 11) is 0. The van der Waals surface area contributed by atoms with Crippen molar-refractivity contribution in [3.05, 3.63) is 47.4 Å². The fourth-order valence-corrected chi connectivity index (χ4v) is 2.09. The number of H-pyrrole nitrogens is 1. The number of hydrogen-bond donors (Lipinski definition) is 2. The minimum absolute atomic E-state index is 0.722. The monoisotopic (exact) mass is 253 g/mol. The Balaban J connectivity index is 1.86. The molecule has 0 fully saturated rings. The van der Waals surface area contributed by atoms with Gasteiger partial charge in [-0.3, -0.25) is 5.10 Å². The van der Waals surface area contributed by atoms with E-state index >= 15 is 0 Å². The normalized spacial score (nSPS) is 10.8. The molecule has 3 aromatic rings. The fourth-order valence-electron chi connectivity index (χ4n) is 2.09. The smallest absolute Gasteiger partial charge is 0.158 e. The molecule has 0 bridgehead atoms. The second kappa shape index (κ2) is 4.68. The first-order valence-electron chi connectivity index (χ1n) is 6.19. The number of benzene rings is 1. The molecule has 0 saturated carbocycles. The van der Waals surface area contributed by atoms with Gasteiger partial charge >= 0.3 is 0 Å². The minimum Gasteiger partial charge on any atom is -0.364 e. The molecule has 0 aliphatic carbocycles. The zero-order valence-corrected chi connectivity index (χ0v) is 10.9. The molecule has 0 spiro atoms. The predicted octanol–water partition coefficient (Wildman–Crippen LogP) is 2.58. The van der Waals surface area contributed by atoms with Gasteiger partial charge in [0.1, 0.15) is 11.8 Å². The van der Waals surface area contributed by atoms with Crippen LogP contribution in [0.1, 0.15) is 16.8 Å². The van der Waals surface area contributed by atoms with Crippen molar-refractivity contribution in [1.82, 2.24) is 20.2 Å². The number of hydrogen-bond acceptors (Lipinski definition) is 4. The summed E-state index contributed by atoms with van der Waals surface area (Å²) in [5, 5.41) is 10.5. The average molecular weight is 253 g/mol. The topological polar surface area (TPSA) is 66.5 Å². The van der Waals surface area contributed by atoms with Crippen molar-refractivity contribution in [1.29, 1.82) is 0 Å². The number of anilines is 1. The van der Waals surface area contributed by atoms with Gasteiger partial charge < -0.3 is 5.32 Å². The quantitative estimate of drug-likeness (QED) is 0.753. The molecule has 19 heavy (non-hydrogen) atoms. The summed E-state index contributed by atoms with van der Waals surface area (Å²) < 4.78 is 0. The van der Waals surface area contributed by atoms with Crippen molar-refractivity contribution in [3.8, 4) is 0 Å². The maximum absolute atomic E-state index is 4.25. The van der Waals surface area contributed by atoms with Crippen molar-refractivity contribution >= 4 is 16.9 Å². The van der Waals surface area contributed by atoms with E-state index in [1.165, 1.54) is 11.1 Å². The molecule has 2 heterocycles. The molecule has 0 amide bonds. The first-order valence-corrected chi connectivity index (χ1v) is 6.19. The summed E-state index contributed by atoms with van der Waals surface area (Å²) in [6.07, 6.45) is 1.56. The highest BCUT2D eigenvalue weighted by Gasteiger charge is 2.08.